The highest BCUT2D eigenvalue weighted by atomic mass is 15.1. The summed E-state index contributed by atoms with van der Waals surface area (Å²) in [7, 11) is 0. The van der Waals surface area contributed by atoms with Crippen molar-refractivity contribution in [2.24, 2.45) is 0 Å². The van der Waals surface area contributed by atoms with Crippen molar-refractivity contribution in [1.82, 2.24) is 14.5 Å². The lowest BCUT2D eigenvalue weighted by molar-refractivity contribution is 1.04. The van der Waals surface area contributed by atoms with Crippen LogP contribution in [0.25, 0.3) is 27.6 Å². The molecule has 3 nitrogen and oxygen atoms in total. The molecule has 0 bridgehead atoms. The van der Waals surface area contributed by atoms with Gasteiger partial charge in [-0.2, -0.15) is 0 Å². The number of hydrogen-bond acceptors (Lipinski definition) is 2. The summed E-state index contributed by atoms with van der Waals surface area (Å²) in [5.74, 6) is 0.847. The quantitative estimate of drug-likeness (QED) is 0.508. The average Bonchev–Trinajstić information content (AvgIpc) is 2.92. The van der Waals surface area contributed by atoms with E-state index in [1.165, 1.54) is 10.8 Å². The van der Waals surface area contributed by atoms with Crippen molar-refractivity contribution in [1.29, 1.82) is 0 Å². The van der Waals surface area contributed by atoms with Gasteiger partial charge >= 0.3 is 0 Å². The Morgan fingerprint density at radius 2 is 1.33 bits per heavy atom. The van der Waals surface area contributed by atoms with Gasteiger partial charge in [0.15, 0.2) is 5.82 Å². The first-order valence-electron chi connectivity index (χ1n) is 7.20. The Morgan fingerprint density at radius 1 is 0.762 bits per heavy atom. The summed E-state index contributed by atoms with van der Waals surface area (Å²) in [5, 5.41) is 2.48. The van der Waals surface area contributed by atoms with E-state index < -0.39 is 0 Å². The molecule has 104 valence electrons. The molecule has 2 heterocycles. The Bertz CT molecular complexity index is 810. The van der Waals surface area contributed by atoms with Gasteiger partial charge in [0.25, 0.3) is 0 Å². The minimum Gasteiger partial charge on any atom is -0.293 e. The maximum Gasteiger partial charge on any atom is 0.156 e. The first-order chi connectivity index (χ1) is 10.4. The summed E-state index contributed by atoms with van der Waals surface area (Å²) >= 11 is 0. The molecule has 0 saturated heterocycles. The summed E-state index contributed by atoms with van der Waals surface area (Å²) in [6, 6.07) is 16.7. The van der Waals surface area contributed by atoms with Gasteiger partial charge in [-0.1, -0.05) is 50.2 Å². The lowest BCUT2D eigenvalue weighted by Gasteiger charge is -2.04. The SMILES string of the molecule is CC.c1ccc2c(c1)c1ccccc1n2-c1cnccn1. The van der Waals surface area contributed by atoms with Crippen molar-refractivity contribution >= 4 is 21.8 Å². The van der Waals surface area contributed by atoms with Gasteiger partial charge in [-0.15, -0.1) is 0 Å². The van der Waals surface area contributed by atoms with Crippen LogP contribution in [0.1, 0.15) is 13.8 Å². The van der Waals surface area contributed by atoms with E-state index in [2.05, 4.69) is 50.9 Å². The van der Waals surface area contributed by atoms with E-state index in [9.17, 15) is 0 Å². The molecule has 3 heteroatoms. The largest absolute Gasteiger partial charge is 0.293 e. The maximum atomic E-state index is 4.42. The second-order valence-electron chi connectivity index (χ2n) is 4.43. The Balaban J connectivity index is 0.000000636. The standard InChI is InChI=1S/C16H11N3.C2H6/c1-3-7-14-12(5-1)13-6-2-4-8-15(13)19(14)16-11-17-9-10-18-16;1-2/h1-11H;1-2H3. The molecule has 0 N–H and O–H groups in total. The molecule has 0 aliphatic carbocycles. The van der Waals surface area contributed by atoms with Crippen LogP contribution in [-0.2, 0) is 0 Å². The van der Waals surface area contributed by atoms with Crippen molar-refractivity contribution in [2.45, 2.75) is 13.8 Å². The molecule has 2 aromatic heterocycles. The summed E-state index contributed by atoms with van der Waals surface area (Å²) in [5.41, 5.74) is 2.31. The lowest BCUT2D eigenvalue weighted by Crippen LogP contribution is -1.96. The van der Waals surface area contributed by atoms with Crippen molar-refractivity contribution in [3.63, 3.8) is 0 Å². The fraction of sp³-hybridized carbons (Fsp3) is 0.111. The van der Waals surface area contributed by atoms with Crippen LogP contribution in [0.2, 0.25) is 0 Å². The molecule has 4 rings (SSSR count). The van der Waals surface area contributed by atoms with E-state index in [-0.39, 0.29) is 0 Å². The van der Waals surface area contributed by atoms with Crippen LogP contribution in [0.15, 0.2) is 67.1 Å². The molecule has 0 amide bonds. The third kappa shape index (κ3) is 2.17. The zero-order valence-corrected chi connectivity index (χ0v) is 12.2. The van der Waals surface area contributed by atoms with Crippen molar-refractivity contribution in [3.8, 4) is 5.82 Å². The van der Waals surface area contributed by atoms with Gasteiger partial charge in [0.2, 0.25) is 0 Å². The molecular formula is C18H17N3. The zero-order valence-electron chi connectivity index (χ0n) is 12.2. The molecule has 0 unspecified atom stereocenters. The highest BCUT2D eigenvalue weighted by molar-refractivity contribution is 6.08. The van der Waals surface area contributed by atoms with Gasteiger partial charge in [-0.25, -0.2) is 4.98 Å². The molecule has 0 atom stereocenters. The van der Waals surface area contributed by atoms with Crippen molar-refractivity contribution in [2.75, 3.05) is 0 Å². The molecule has 4 aromatic rings. The monoisotopic (exact) mass is 275 g/mol. The average molecular weight is 275 g/mol. The molecule has 0 aliphatic heterocycles. The fourth-order valence-electron chi connectivity index (χ4n) is 2.58. The van der Waals surface area contributed by atoms with Crippen LogP contribution in [0, 0.1) is 0 Å². The van der Waals surface area contributed by atoms with Gasteiger partial charge in [0, 0.05) is 23.2 Å². The van der Waals surface area contributed by atoms with Crippen LogP contribution in [0.4, 0.5) is 0 Å². The second-order valence-corrected chi connectivity index (χ2v) is 4.43. The fourth-order valence-corrected chi connectivity index (χ4v) is 2.58. The number of benzene rings is 2. The van der Waals surface area contributed by atoms with Crippen LogP contribution in [0.5, 0.6) is 0 Å². The number of hydrogen-bond donors (Lipinski definition) is 0. The van der Waals surface area contributed by atoms with Gasteiger partial charge in [0.1, 0.15) is 0 Å². The summed E-state index contributed by atoms with van der Waals surface area (Å²) in [6.45, 7) is 4.00. The number of nitrogens with zero attached hydrogens (tertiary/aromatic N) is 3. The summed E-state index contributed by atoms with van der Waals surface area (Å²) in [4.78, 5) is 8.59. The molecule has 0 fully saturated rings. The number of para-hydroxylation sites is 2. The molecule has 0 aliphatic rings. The van der Waals surface area contributed by atoms with E-state index >= 15 is 0 Å². The first-order valence-corrected chi connectivity index (χ1v) is 7.20. The highest BCUT2D eigenvalue weighted by Gasteiger charge is 2.11. The third-order valence-corrected chi connectivity index (χ3v) is 3.36. The van der Waals surface area contributed by atoms with Crippen LogP contribution >= 0.6 is 0 Å². The topological polar surface area (TPSA) is 30.7 Å². The molecule has 21 heavy (non-hydrogen) atoms. The van der Waals surface area contributed by atoms with E-state index in [1.807, 2.05) is 26.0 Å². The maximum absolute atomic E-state index is 4.42. The molecular weight excluding hydrogens is 258 g/mol. The van der Waals surface area contributed by atoms with E-state index in [4.69, 9.17) is 0 Å². The van der Waals surface area contributed by atoms with Crippen LogP contribution in [0.3, 0.4) is 0 Å². The number of rotatable bonds is 1. The van der Waals surface area contributed by atoms with E-state index in [1.54, 1.807) is 18.6 Å². The van der Waals surface area contributed by atoms with Crippen molar-refractivity contribution in [3.05, 3.63) is 67.1 Å². The summed E-state index contributed by atoms with van der Waals surface area (Å²) in [6.07, 6.45) is 5.20. The van der Waals surface area contributed by atoms with Crippen LogP contribution in [-0.4, -0.2) is 14.5 Å². The normalized spacial score (nSPS) is 10.4. The Labute approximate surface area is 123 Å². The van der Waals surface area contributed by atoms with Crippen molar-refractivity contribution < 1.29 is 0 Å². The second kappa shape index (κ2) is 5.75. The zero-order chi connectivity index (χ0) is 14.7. The smallest absolute Gasteiger partial charge is 0.156 e. The number of aromatic nitrogens is 3. The van der Waals surface area contributed by atoms with Gasteiger partial charge in [-0.3, -0.25) is 9.55 Å². The molecule has 0 radical (unpaired) electrons. The summed E-state index contributed by atoms with van der Waals surface area (Å²) < 4.78 is 2.15. The third-order valence-electron chi connectivity index (χ3n) is 3.36. The van der Waals surface area contributed by atoms with Gasteiger partial charge in [0.05, 0.1) is 17.2 Å². The Morgan fingerprint density at radius 3 is 1.86 bits per heavy atom. The van der Waals surface area contributed by atoms with Gasteiger partial charge < -0.3 is 0 Å². The predicted molar refractivity (Wildman–Crippen MR) is 87.7 cm³/mol. The first kappa shape index (κ1) is 13.3. The minimum absolute atomic E-state index is 0.847. The highest BCUT2D eigenvalue weighted by Crippen LogP contribution is 2.30. The predicted octanol–water partition coefficient (Wildman–Crippen LogP) is 4.60. The molecule has 2 aromatic carbocycles. The Hall–Kier alpha value is -2.68. The Kier molecular flexibility index (Phi) is 3.65. The van der Waals surface area contributed by atoms with E-state index in [0.717, 1.165) is 16.9 Å². The molecule has 0 spiro atoms. The number of fused-ring (bicyclic) bond motifs is 3. The minimum atomic E-state index is 0.847. The van der Waals surface area contributed by atoms with Gasteiger partial charge in [-0.05, 0) is 12.1 Å². The van der Waals surface area contributed by atoms with Crippen LogP contribution < -0.4 is 0 Å². The van der Waals surface area contributed by atoms with E-state index in [0.29, 0.717) is 0 Å². The molecule has 0 saturated carbocycles. The lowest BCUT2D eigenvalue weighted by atomic mass is 10.2.